The molecule has 1 atom stereocenters. The van der Waals surface area contributed by atoms with Crippen LogP contribution in [0.15, 0.2) is 6.20 Å². The minimum Gasteiger partial charge on any atom is -0.479 e. The fourth-order valence-corrected chi connectivity index (χ4v) is 2.06. The van der Waals surface area contributed by atoms with Gasteiger partial charge in [-0.15, -0.1) is 0 Å². The van der Waals surface area contributed by atoms with Crippen molar-refractivity contribution in [3.05, 3.63) is 17.5 Å². The topological polar surface area (TPSA) is 75.3 Å². The highest BCUT2D eigenvalue weighted by Crippen LogP contribution is 2.34. The monoisotopic (exact) mass is 196 g/mol. The van der Waals surface area contributed by atoms with Gasteiger partial charge in [-0.1, -0.05) is 0 Å². The number of carbonyl (C=O) groups is 1. The molecule has 0 aliphatic heterocycles. The van der Waals surface area contributed by atoms with Gasteiger partial charge in [-0.25, -0.2) is 4.79 Å². The molecule has 0 amide bonds. The number of carboxylic acid groups (broad SMARTS) is 1. The standard InChI is InChI=1S/C9H12N2O3/c1-11-7-6(5-10-11)3-2-4-9(7,14)8(12)13/h5,14H,2-4H2,1H3,(H,12,13). The van der Waals surface area contributed by atoms with Gasteiger partial charge in [-0.2, -0.15) is 5.10 Å². The molecular weight excluding hydrogens is 184 g/mol. The largest absolute Gasteiger partial charge is 0.479 e. The Balaban J connectivity index is 2.59. The number of aliphatic hydroxyl groups is 1. The maximum absolute atomic E-state index is 11.0. The van der Waals surface area contributed by atoms with Crippen molar-refractivity contribution < 1.29 is 15.0 Å². The summed E-state index contributed by atoms with van der Waals surface area (Å²) in [5, 5.41) is 23.0. The lowest BCUT2D eigenvalue weighted by Gasteiger charge is -2.28. The van der Waals surface area contributed by atoms with Crippen molar-refractivity contribution in [2.24, 2.45) is 7.05 Å². The van der Waals surface area contributed by atoms with E-state index in [1.807, 2.05) is 0 Å². The van der Waals surface area contributed by atoms with Crippen LogP contribution in [0.1, 0.15) is 24.1 Å². The van der Waals surface area contributed by atoms with E-state index in [-0.39, 0.29) is 6.42 Å². The van der Waals surface area contributed by atoms with Crippen LogP contribution in [0.2, 0.25) is 0 Å². The van der Waals surface area contributed by atoms with Gasteiger partial charge in [0.05, 0.1) is 11.9 Å². The lowest BCUT2D eigenvalue weighted by molar-refractivity contribution is -0.162. The molecule has 2 N–H and O–H groups in total. The summed E-state index contributed by atoms with van der Waals surface area (Å²) in [6.07, 6.45) is 3.36. The van der Waals surface area contributed by atoms with Crippen LogP contribution in [-0.4, -0.2) is 26.0 Å². The van der Waals surface area contributed by atoms with Gasteiger partial charge in [-0.3, -0.25) is 4.68 Å². The van der Waals surface area contributed by atoms with Gasteiger partial charge in [0.25, 0.3) is 0 Å². The van der Waals surface area contributed by atoms with Crippen LogP contribution in [0.25, 0.3) is 0 Å². The number of nitrogens with zero attached hydrogens (tertiary/aromatic N) is 2. The molecule has 1 aromatic rings. The number of aryl methyl sites for hydroxylation is 2. The second kappa shape index (κ2) is 2.81. The van der Waals surface area contributed by atoms with Crippen molar-refractivity contribution in [2.45, 2.75) is 24.9 Å². The third-order valence-electron chi connectivity index (χ3n) is 2.74. The van der Waals surface area contributed by atoms with Gasteiger partial charge in [0.1, 0.15) is 0 Å². The molecule has 0 aromatic carbocycles. The number of carboxylic acids is 1. The van der Waals surface area contributed by atoms with Gasteiger partial charge in [0.15, 0.2) is 0 Å². The molecule has 14 heavy (non-hydrogen) atoms. The van der Waals surface area contributed by atoms with Crippen LogP contribution in [-0.2, 0) is 23.9 Å². The SMILES string of the molecule is Cn1ncc2c1C(O)(C(=O)O)CCC2. The summed E-state index contributed by atoms with van der Waals surface area (Å²) in [7, 11) is 1.65. The van der Waals surface area contributed by atoms with E-state index in [0.29, 0.717) is 12.1 Å². The van der Waals surface area contributed by atoms with E-state index in [1.54, 1.807) is 13.2 Å². The van der Waals surface area contributed by atoms with Gasteiger partial charge < -0.3 is 10.2 Å². The zero-order chi connectivity index (χ0) is 10.3. The summed E-state index contributed by atoms with van der Waals surface area (Å²) in [6, 6.07) is 0. The molecule has 5 nitrogen and oxygen atoms in total. The van der Waals surface area contributed by atoms with Crippen LogP contribution in [0.3, 0.4) is 0 Å². The summed E-state index contributed by atoms with van der Waals surface area (Å²) >= 11 is 0. The smallest absolute Gasteiger partial charge is 0.342 e. The number of aromatic nitrogens is 2. The fraction of sp³-hybridized carbons (Fsp3) is 0.556. The van der Waals surface area contributed by atoms with Crippen molar-refractivity contribution in [3.8, 4) is 0 Å². The summed E-state index contributed by atoms with van der Waals surface area (Å²) in [4.78, 5) is 11.0. The highest BCUT2D eigenvalue weighted by atomic mass is 16.4. The van der Waals surface area contributed by atoms with Crippen molar-refractivity contribution in [3.63, 3.8) is 0 Å². The van der Waals surface area contributed by atoms with Crippen LogP contribution >= 0.6 is 0 Å². The highest BCUT2D eigenvalue weighted by Gasteiger charge is 2.44. The number of hydrogen-bond acceptors (Lipinski definition) is 3. The minimum atomic E-state index is -1.75. The maximum Gasteiger partial charge on any atom is 0.342 e. The number of rotatable bonds is 1. The van der Waals surface area contributed by atoms with Gasteiger partial charge in [0, 0.05) is 7.05 Å². The molecule has 1 aliphatic carbocycles. The molecular formula is C9H12N2O3. The Bertz CT molecular complexity index is 385. The zero-order valence-electron chi connectivity index (χ0n) is 7.90. The van der Waals surface area contributed by atoms with Gasteiger partial charge in [0.2, 0.25) is 5.60 Å². The Morgan fingerprint density at radius 3 is 3.07 bits per heavy atom. The Kier molecular flexibility index (Phi) is 1.85. The first kappa shape index (κ1) is 9.21. The first-order valence-corrected chi connectivity index (χ1v) is 4.53. The van der Waals surface area contributed by atoms with Crippen LogP contribution < -0.4 is 0 Å². The summed E-state index contributed by atoms with van der Waals surface area (Å²) < 4.78 is 1.45. The molecule has 76 valence electrons. The molecule has 0 radical (unpaired) electrons. The normalized spacial score (nSPS) is 25.9. The molecule has 5 heteroatoms. The first-order valence-electron chi connectivity index (χ1n) is 4.53. The summed E-state index contributed by atoms with van der Waals surface area (Å²) in [5.74, 6) is -1.19. The third kappa shape index (κ3) is 1.05. The average Bonchev–Trinajstić information content (AvgIpc) is 2.49. The number of fused-ring (bicyclic) bond motifs is 1. The van der Waals surface area contributed by atoms with Crippen LogP contribution in [0, 0.1) is 0 Å². The highest BCUT2D eigenvalue weighted by molar-refractivity contribution is 5.79. The van der Waals surface area contributed by atoms with E-state index >= 15 is 0 Å². The molecule has 1 aliphatic rings. The average molecular weight is 196 g/mol. The zero-order valence-corrected chi connectivity index (χ0v) is 7.90. The maximum atomic E-state index is 11.0. The Morgan fingerprint density at radius 2 is 2.43 bits per heavy atom. The van der Waals surface area contributed by atoms with Crippen molar-refractivity contribution >= 4 is 5.97 Å². The van der Waals surface area contributed by atoms with Crippen LogP contribution in [0.5, 0.6) is 0 Å². The first-order chi connectivity index (χ1) is 6.55. The lowest BCUT2D eigenvalue weighted by Crippen LogP contribution is -2.40. The molecule has 2 rings (SSSR count). The summed E-state index contributed by atoms with van der Waals surface area (Å²) in [5.41, 5.74) is -0.487. The molecule has 0 bridgehead atoms. The Labute approximate surface area is 81.0 Å². The van der Waals surface area contributed by atoms with Gasteiger partial charge in [-0.05, 0) is 24.8 Å². The fourth-order valence-electron chi connectivity index (χ4n) is 2.06. The molecule has 0 saturated carbocycles. The van der Waals surface area contributed by atoms with E-state index in [2.05, 4.69) is 5.10 Å². The Morgan fingerprint density at radius 1 is 1.71 bits per heavy atom. The molecule has 0 saturated heterocycles. The number of aliphatic carboxylic acids is 1. The van der Waals surface area contributed by atoms with E-state index < -0.39 is 11.6 Å². The molecule has 1 heterocycles. The molecule has 1 aromatic heterocycles. The predicted octanol–water partition coefficient (Wildman–Crippen LogP) is 0.0286. The quantitative estimate of drug-likeness (QED) is 0.664. The van der Waals surface area contributed by atoms with E-state index in [0.717, 1.165) is 12.0 Å². The van der Waals surface area contributed by atoms with Crippen molar-refractivity contribution in [1.82, 2.24) is 9.78 Å². The third-order valence-corrected chi connectivity index (χ3v) is 2.74. The minimum absolute atomic E-state index is 0.259. The molecule has 1 unspecified atom stereocenters. The van der Waals surface area contributed by atoms with E-state index in [4.69, 9.17) is 5.11 Å². The number of hydrogen-bond donors (Lipinski definition) is 2. The van der Waals surface area contributed by atoms with Crippen LogP contribution in [0.4, 0.5) is 0 Å². The second-order valence-corrected chi connectivity index (χ2v) is 3.66. The Hall–Kier alpha value is -1.36. The van der Waals surface area contributed by atoms with Gasteiger partial charge >= 0.3 is 5.97 Å². The summed E-state index contributed by atoms with van der Waals surface area (Å²) in [6.45, 7) is 0. The molecule has 0 fully saturated rings. The second-order valence-electron chi connectivity index (χ2n) is 3.66. The van der Waals surface area contributed by atoms with E-state index in [1.165, 1.54) is 4.68 Å². The van der Waals surface area contributed by atoms with Crippen molar-refractivity contribution in [1.29, 1.82) is 0 Å². The van der Waals surface area contributed by atoms with Crippen molar-refractivity contribution in [2.75, 3.05) is 0 Å². The van der Waals surface area contributed by atoms with E-state index in [9.17, 15) is 9.90 Å². The predicted molar refractivity (Wildman–Crippen MR) is 47.7 cm³/mol. The lowest BCUT2D eigenvalue weighted by atomic mass is 9.84. The molecule has 0 spiro atoms.